The molecule has 1 saturated heterocycles. The van der Waals surface area contributed by atoms with Crippen LogP contribution in [0.3, 0.4) is 0 Å². The molecule has 3 rings (SSSR count). The highest BCUT2D eigenvalue weighted by Crippen LogP contribution is 2.34. The Kier molecular flexibility index (Phi) is 3.53. The predicted molar refractivity (Wildman–Crippen MR) is 76.6 cm³/mol. The lowest BCUT2D eigenvalue weighted by atomic mass is 10.1. The minimum Gasteiger partial charge on any atom is -0.329 e. The highest BCUT2D eigenvalue weighted by molar-refractivity contribution is 7.09. The normalized spacial score (nSPS) is 18.8. The molecular formula is C14H13ClN2OS. The van der Waals surface area contributed by atoms with Crippen molar-refractivity contribution in [3.8, 4) is 0 Å². The maximum Gasteiger partial charge on any atom is 0.254 e. The summed E-state index contributed by atoms with van der Waals surface area (Å²) in [5.74, 6) is 0.0642. The van der Waals surface area contributed by atoms with Gasteiger partial charge in [-0.25, -0.2) is 4.98 Å². The van der Waals surface area contributed by atoms with Crippen LogP contribution in [0.5, 0.6) is 0 Å². The third kappa shape index (κ3) is 2.51. The fourth-order valence-corrected chi connectivity index (χ4v) is 3.33. The third-order valence-electron chi connectivity index (χ3n) is 3.34. The first-order valence-electron chi connectivity index (χ1n) is 6.21. The molecule has 0 bridgehead atoms. The molecule has 1 aromatic carbocycles. The first kappa shape index (κ1) is 12.6. The molecule has 0 spiro atoms. The monoisotopic (exact) mass is 292 g/mol. The number of hydrogen-bond donors (Lipinski definition) is 0. The van der Waals surface area contributed by atoms with Crippen molar-refractivity contribution in [1.82, 2.24) is 9.88 Å². The lowest BCUT2D eigenvalue weighted by molar-refractivity contribution is 0.0735. The first-order valence-corrected chi connectivity index (χ1v) is 7.47. The van der Waals surface area contributed by atoms with Crippen molar-refractivity contribution in [2.45, 2.75) is 18.9 Å². The average Bonchev–Trinajstić information content (AvgIpc) is 3.09. The molecule has 0 radical (unpaired) electrons. The Morgan fingerprint density at radius 3 is 2.84 bits per heavy atom. The molecule has 2 heterocycles. The molecule has 1 aliphatic rings. The Morgan fingerprint density at radius 1 is 1.37 bits per heavy atom. The molecule has 1 unspecified atom stereocenters. The summed E-state index contributed by atoms with van der Waals surface area (Å²) in [5, 5.41) is 3.63. The Bertz CT molecular complexity index is 568. The van der Waals surface area contributed by atoms with E-state index in [1.807, 2.05) is 10.3 Å². The van der Waals surface area contributed by atoms with E-state index >= 15 is 0 Å². The second kappa shape index (κ2) is 5.31. The molecule has 98 valence electrons. The van der Waals surface area contributed by atoms with Gasteiger partial charge in [0.2, 0.25) is 0 Å². The van der Waals surface area contributed by atoms with Gasteiger partial charge in [0.1, 0.15) is 5.01 Å². The number of likely N-dealkylation sites (tertiary alicyclic amines) is 1. The number of thiazole rings is 1. The second-order valence-corrected chi connectivity index (χ2v) is 5.90. The van der Waals surface area contributed by atoms with Crippen LogP contribution in [-0.2, 0) is 0 Å². The van der Waals surface area contributed by atoms with E-state index < -0.39 is 0 Å². The van der Waals surface area contributed by atoms with Crippen molar-refractivity contribution in [2.24, 2.45) is 0 Å². The van der Waals surface area contributed by atoms with E-state index in [1.165, 1.54) is 0 Å². The topological polar surface area (TPSA) is 33.2 Å². The number of rotatable bonds is 2. The van der Waals surface area contributed by atoms with Gasteiger partial charge in [-0.2, -0.15) is 0 Å². The van der Waals surface area contributed by atoms with Crippen LogP contribution in [0.2, 0.25) is 5.02 Å². The standard InChI is InChI=1S/C14H13ClN2OS/c15-11-5-3-10(4-6-11)14(18)17-8-1-2-12(17)13-16-7-9-19-13/h3-7,9,12H,1-2,8H2. The summed E-state index contributed by atoms with van der Waals surface area (Å²) in [6.07, 6.45) is 3.82. The molecule has 1 aromatic heterocycles. The van der Waals surface area contributed by atoms with Crippen LogP contribution in [0.1, 0.15) is 34.2 Å². The smallest absolute Gasteiger partial charge is 0.254 e. The molecule has 1 amide bonds. The summed E-state index contributed by atoms with van der Waals surface area (Å²) in [5.41, 5.74) is 0.688. The number of hydrogen-bond acceptors (Lipinski definition) is 3. The molecule has 0 aliphatic carbocycles. The van der Waals surface area contributed by atoms with Gasteiger partial charge in [-0.05, 0) is 37.1 Å². The molecule has 1 atom stereocenters. The summed E-state index contributed by atoms with van der Waals surface area (Å²) in [6.45, 7) is 0.797. The quantitative estimate of drug-likeness (QED) is 0.844. The zero-order valence-electron chi connectivity index (χ0n) is 10.3. The number of benzene rings is 1. The lowest BCUT2D eigenvalue weighted by Crippen LogP contribution is -2.30. The number of carbonyl (C=O) groups is 1. The van der Waals surface area contributed by atoms with E-state index in [-0.39, 0.29) is 11.9 Å². The summed E-state index contributed by atoms with van der Waals surface area (Å²) in [7, 11) is 0. The number of halogens is 1. The largest absolute Gasteiger partial charge is 0.329 e. The fraction of sp³-hybridized carbons (Fsp3) is 0.286. The molecule has 3 nitrogen and oxygen atoms in total. The van der Waals surface area contributed by atoms with Gasteiger partial charge in [-0.15, -0.1) is 11.3 Å². The summed E-state index contributed by atoms with van der Waals surface area (Å²) < 4.78 is 0. The van der Waals surface area contributed by atoms with Crippen molar-refractivity contribution < 1.29 is 4.79 Å². The zero-order chi connectivity index (χ0) is 13.2. The van der Waals surface area contributed by atoms with Crippen molar-refractivity contribution in [1.29, 1.82) is 0 Å². The number of aromatic nitrogens is 1. The van der Waals surface area contributed by atoms with Crippen LogP contribution in [0.25, 0.3) is 0 Å². The van der Waals surface area contributed by atoms with Gasteiger partial charge < -0.3 is 4.90 Å². The Morgan fingerprint density at radius 2 is 2.16 bits per heavy atom. The molecule has 0 saturated carbocycles. The van der Waals surface area contributed by atoms with E-state index in [9.17, 15) is 4.79 Å². The average molecular weight is 293 g/mol. The minimum absolute atomic E-state index is 0.0642. The van der Waals surface area contributed by atoms with Crippen LogP contribution >= 0.6 is 22.9 Å². The third-order valence-corrected chi connectivity index (χ3v) is 4.47. The first-order chi connectivity index (χ1) is 9.25. The van der Waals surface area contributed by atoms with Crippen molar-refractivity contribution in [2.75, 3.05) is 6.54 Å². The van der Waals surface area contributed by atoms with E-state index in [0.717, 1.165) is 24.4 Å². The molecular weight excluding hydrogens is 280 g/mol. The molecule has 1 fully saturated rings. The van der Waals surface area contributed by atoms with Gasteiger partial charge in [0.05, 0.1) is 6.04 Å². The van der Waals surface area contributed by atoms with Crippen LogP contribution in [0.15, 0.2) is 35.8 Å². The van der Waals surface area contributed by atoms with Crippen LogP contribution < -0.4 is 0 Å². The predicted octanol–water partition coefficient (Wildman–Crippen LogP) is 3.77. The Hall–Kier alpha value is -1.39. The maximum atomic E-state index is 12.5. The van der Waals surface area contributed by atoms with E-state index in [2.05, 4.69) is 4.98 Å². The number of amides is 1. The van der Waals surface area contributed by atoms with Gasteiger partial charge >= 0.3 is 0 Å². The van der Waals surface area contributed by atoms with Crippen molar-refractivity contribution in [3.05, 3.63) is 51.4 Å². The molecule has 2 aromatic rings. The Balaban J connectivity index is 1.84. The Labute approximate surface area is 120 Å². The van der Waals surface area contributed by atoms with Crippen LogP contribution in [0.4, 0.5) is 0 Å². The summed E-state index contributed by atoms with van der Waals surface area (Å²) >= 11 is 7.47. The van der Waals surface area contributed by atoms with Gasteiger partial charge in [-0.3, -0.25) is 4.79 Å². The lowest BCUT2D eigenvalue weighted by Gasteiger charge is -2.23. The zero-order valence-corrected chi connectivity index (χ0v) is 11.8. The van der Waals surface area contributed by atoms with Gasteiger partial charge in [0.25, 0.3) is 5.91 Å². The fourth-order valence-electron chi connectivity index (χ4n) is 2.42. The molecule has 5 heteroatoms. The summed E-state index contributed by atoms with van der Waals surface area (Å²) in [6, 6.07) is 7.19. The minimum atomic E-state index is 0.0642. The van der Waals surface area contributed by atoms with Gasteiger partial charge in [-0.1, -0.05) is 11.6 Å². The van der Waals surface area contributed by atoms with Crippen LogP contribution in [-0.4, -0.2) is 22.3 Å². The van der Waals surface area contributed by atoms with E-state index in [1.54, 1.807) is 41.8 Å². The molecule has 19 heavy (non-hydrogen) atoms. The highest BCUT2D eigenvalue weighted by Gasteiger charge is 2.31. The SMILES string of the molecule is O=C(c1ccc(Cl)cc1)N1CCCC1c1nccs1. The number of carbonyl (C=O) groups excluding carboxylic acids is 1. The van der Waals surface area contributed by atoms with Crippen LogP contribution in [0, 0.1) is 0 Å². The van der Waals surface area contributed by atoms with Crippen molar-refractivity contribution in [3.63, 3.8) is 0 Å². The van der Waals surface area contributed by atoms with Crippen molar-refractivity contribution >= 4 is 28.8 Å². The molecule has 0 N–H and O–H groups in total. The van der Waals surface area contributed by atoms with Gasteiger partial charge in [0, 0.05) is 28.7 Å². The number of nitrogens with zero attached hydrogens (tertiary/aromatic N) is 2. The molecule has 1 aliphatic heterocycles. The second-order valence-electron chi connectivity index (χ2n) is 4.53. The van der Waals surface area contributed by atoms with E-state index in [0.29, 0.717) is 10.6 Å². The highest BCUT2D eigenvalue weighted by atomic mass is 35.5. The summed E-state index contributed by atoms with van der Waals surface area (Å²) in [4.78, 5) is 18.8. The maximum absolute atomic E-state index is 12.5. The van der Waals surface area contributed by atoms with E-state index in [4.69, 9.17) is 11.6 Å². The van der Waals surface area contributed by atoms with Gasteiger partial charge in [0.15, 0.2) is 0 Å².